The number of anilines is 1. The number of rotatable bonds is 7. The van der Waals surface area contributed by atoms with Crippen LogP contribution in [0.5, 0.6) is 5.75 Å². The Balaban J connectivity index is 1.64. The minimum Gasteiger partial charge on any atom is -0.406 e. The van der Waals surface area contributed by atoms with Gasteiger partial charge in [-0.1, -0.05) is 12.1 Å². The molecule has 0 fully saturated rings. The maximum absolute atomic E-state index is 14.4. The van der Waals surface area contributed by atoms with Gasteiger partial charge in [0.05, 0.1) is 10.5 Å². The molecule has 0 saturated heterocycles. The predicted octanol–water partition coefficient (Wildman–Crippen LogP) is 3.91. The van der Waals surface area contributed by atoms with Crippen molar-refractivity contribution in [3.05, 3.63) is 71.0 Å². The zero-order valence-electron chi connectivity index (χ0n) is 15.3. The smallest absolute Gasteiger partial charge is 0.406 e. The fraction of sp³-hybridized carbons (Fsp3) is 0.111. The Morgan fingerprint density at radius 1 is 1.13 bits per heavy atom. The first-order chi connectivity index (χ1) is 14.5. The van der Waals surface area contributed by atoms with Gasteiger partial charge in [0.2, 0.25) is 0 Å². The van der Waals surface area contributed by atoms with Gasteiger partial charge in [0.25, 0.3) is 15.9 Å². The number of carbonyl (C=O) groups is 1. The first kappa shape index (κ1) is 22.5. The summed E-state index contributed by atoms with van der Waals surface area (Å²) in [7, 11) is -4.09. The largest absolute Gasteiger partial charge is 0.573 e. The van der Waals surface area contributed by atoms with Gasteiger partial charge in [0, 0.05) is 18.1 Å². The van der Waals surface area contributed by atoms with Crippen LogP contribution >= 0.6 is 11.3 Å². The summed E-state index contributed by atoms with van der Waals surface area (Å²) in [5.41, 5.74) is 0.0420. The molecule has 2 aromatic carbocycles. The second kappa shape index (κ2) is 8.89. The van der Waals surface area contributed by atoms with Crippen molar-refractivity contribution in [3.8, 4) is 5.75 Å². The first-order valence-corrected chi connectivity index (χ1v) is 10.7. The maximum atomic E-state index is 14.4. The van der Waals surface area contributed by atoms with Crippen LogP contribution in [0, 0.1) is 5.82 Å². The van der Waals surface area contributed by atoms with Crippen molar-refractivity contribution in [1.29, 1.82) is 0 Å². The lowest BCUT2D eigenvalue weighted by Gasteiger charge is -2.10. The number of aromatic nitrogens is 1. The minimum absolute atomic E-state index is 0.101. The number of thiazole rings is 1. The highest BCUT2D eigenvalue weighted by Crippen LogP contribution is 2.23. The van der Waals surface area contributed by atoms with Crippen molar-refractivity contribution in [2.75, 3.05) is 4.72 Å². The highest BCUT2D eigenvalue weighted by Gasteiger charge is 2.31. The maximum Gasteiger partial charge on any atom is 0.573 e. The second-order valence-corrected chi connectivity index (χ2v) is 8.54. The summed E-state index contributed by atoms with van der Waals surface area (Å²) in [6.45, 7) is -0.101. The molecular formula is C18H13F4N3O4S2. The molecule has 0 unspecified atom stereocenters. The van der Waals surface area contributed by atoms with Crippen LogP contribution in [0.2, 0.25) is 0 Å². The number of sulfonamides is 1. The molecule has 0 saturated carbocycles. The van der Waals surface area contributed by atoms with E-state index in [0.717, 1.165) is 35.6 Å². The van der Waals surface area contributed by atoms with Gasteiger partial charge >= 0.3 is 6.36 Å². The molecule has 2 N–H and O–H groups in total. The molecule has 3 rings (SSSR count). The summed E-state index contributed by atoms with van der Waals surface area (Å²) in [4.78, 5) is 15.6. The normalized spacial score (nSPS) is 11.7. The van der Waals surface area contributed by atoms with E-state index in [9.17, 15) is 30.8 Å². The van der Waals surface area contributed by atoms with Crippen LogP contribution in [0.25, 0.3) is 0 Å². The van der Waals surface area contributed by atoms with Crippen molar-refractivity contribution >= 4 is 32.4 Å². The summed E-state index contributed by atoms with van der Waals surface area (Å²) in [5.74, 6) is -2.31. The first-order valence-electron chi connectivity index (χ1n) is 8.38. The average molecular weight is 475 g/mol. The second-order valence-electron chi connectivity index (χ2n) is 5.96. The Kier molecular flexibility index (Phi) is 6.45. The van der Waals surface area contributed by atoms with Crippen molar-refractivity contribution in [3.63, 3.8) is 0 Å². The Morgan fingerprint density at radius 2 is 1.84 bits per heavy atom. The summed E-state index contributed by atoms with van der Waals surface area (Å²) in [6.07, 6.45) is -3.42. The number of alkyl halides is 3. The SMILES string of the molecule is O=C(NCc1ccc(OC(F)(F)F)cc1)c1ccc(S(=O)(=O)Nc2nccs2)cc1F. The van der Waals surface area contributed by atoms with Gasteiger partial charge in [-0.05, 0) is 35.9 Å². The third-order valence-corrected chi connectivity index (χ3v) is 5.91. The molecule has 0 atom stereocenters. The molecule has 0 spiro atoms. The standard InChI is InChI=1S/C18H13F4N3O4S2/c19-15-9-13(31(27,28)25-17-23-7-8-30-17)5-6-14(15)16(26)24-10-11-1-3-12(4-2-11)29-18(20,21)22/h1-9H,10H2,(H,23,25)(H,24,26). The zero-order valence-corrected chi connectivity index (χ0v) is 16.9. The lowest BCUT2D eigenvalue weighted by atomic mass is 10.2. The van der Waals surface area contributed by atoms with E-state index >= 15 is 0 Å². The van der Waals surface area contributed by atoms with Gasteiger partial charge < -0.3 is 10.1 Å². The number of benzene rings is 2. The number of ether oxygens (including phenoxy) is 1. The zero-order chi connectivity index (χ0) is 22.6. The lowest BCUT2D eigenvalue weighted by molar-refractivity contribution is -0.274. The van der Waals surface area contributed by atoms with Gasteiger partial charge in [0.1, 0.15) is 11.6 Å². The molecule has 0 radical (unpaired) electrons. The van der Waals surface area contributed by atoms with Crippen LogP contribution in [-0.4, -0.2) is 25.7 Å². The third-order valence-electron chi connectivity index (χ3n) is 3.76. The molecule has 31 heavy (non-hydrogen) atoms. The number of hydrogen-bond acceptors (Lipinski definition) is 6. The monoisotopic (exact) mass is 475 g/mol. The van der Waals surface area contributed by atoms with Gasteiger partial charge in [-0.25, -0.2) is 17.8 Å². The van der Waals surface area contributed by atoms with Gasteiger partial charge in [0.15, 0.2) is 5.13 Å². The average Bonchev–Trinajstić information content (AvgIpc) is 3.18. The molecule has 1 amide bonds. The van der Waals surface area contributed by atoms with Crippen molar-refractivity contribution in [2.24, 2.45) is 0 Å². The lowest BCUT2D eigenvalue weighted by Crippen LogP contribution is -2.24. The molecule has 1 aromatic heterocycles. The summed E-state index contributed by atoms with van der Waals surface area (Å²) < 4.78 is 81.3. The molecule has 0 bridgehead atoms. The number of halogens is 4. The van der Waals surface area contributed by atoms with E-state index in [-0.39, 0.29) is 11.7 Å². The molecule has 1 heterocycles. The molecule has 0 aliphatic rings. The van der Waals surface area contributed by atoms with Crippen LogP contribution in [0.4, 0.5) is 22.7 Å². The molecule has 3 aromatic rings. The van der Waals surface area contributed by atoms with Crippen LogP contribution in [-0.2, 0) is 16.6 Å². The van der Waals surface area contributed by atoms with Gasteiger partial charge in [-0.15, -0.1) is 24.5 Å². The molecule has 13 heteroatoms. The van der Waals surface area contributed by atoms with Crippen molar-refractivity contribution in [2.45, 2.75) is 17.8 Å². The van der Waals surface area contributed by atoms with E-state index in [1.807, 2.05) is 0 Å². The molecule has 7 nitrogen and oxygen atoms in total. The molecular weight excluding hydrogens is 462 g/mol. The van der Waals surface area contributed by atoms with E-state index in [0.29, 0.717) is 11.6 Å². The van der Waals surface area contributed by atoms with Crippen LogP contribution < -0.4 is 14.8 Å². The third kappa shape index (κ3) is 6.15. The van der Waals surface area contributed by atoms with Crippen LogP contribution in [0.15, 0.2) is 58.9 Å². The Labute approximate surface area is 177 Å². The molecule has 0 aliphatic carbocycles. The minimum atomic E-state index is -4.82. The van der Waals surface area contributed by atoms with Crippen LogP contribution in [0.3, 0.4) is 0 Å². The fourth-order valence-corrected chi connectivity index (χ4v) is 4.18. The summed E-state index contributed by atoms with van der Waals surface area (Å²) in [6, 6.07) is 7.54. The number of nitrogens with zero attached hydrogens (tertiary/aromatic N) is 1. The Bertz CT molecular complexity index is 1170. The number of amides is 1. The number of hydrogen-bond donors (Lipinski definition) is 2. The quantitative estimate of drug-likeness (QED) is 0.505. The molecule has 0 aliphatic heterocycles. The highest BCUT2D eigenvalue weighted by molar-refractivity contribution is 7.93. The van der Waals surface area contributed by atoms with E-state index < -0.39 is 44.3 Å². The van der Waals surface area contributed by atoms with Crippen molar-refractivity contribution in [1.82, 2.24) is 10.3 Å². The van der Waals surface area contributed by atoms with E-state index in [2.05, 4.69) is 19.8 Å². The van der Waals surface area contributed by atoms with E-state index in [4.69, 9.17) is 0 Å². The molecule has 164 valence electrons. The Hall–Kier alpha value is -3.19. The van der Waals surface area contributed by atoms with Crippen molar-refractivity contribution < 1.29 is 35.5 Å². The van der Waals surface area contributed by atoms with E-state index in [1.54, 1.807) is 5.38 Å². The summed E-state index contributed by atoms with van der Waals surface area (Å²) >= 11 is 1.04. The summed E-state index contributed by atoms with van der Waals surface area (Å²) in [5, 5.41) is 4.07. The van der Waals surface area contributed by atoms with Gasteiger partial charge in [-0.2, -0.15) is 0 Å². The number of carbonyl (C=O) groups excluding carboxylic acids is 1. The Morgan fingerprint density at radius 3 is 2.42 bits per heavy atom. The fourth-order valence-electron chi connectivity index (χ4n) is 2.38. The van der Waals surface area contributed by atoms with E-state index in [1.165, 1.54) is 18.3 Å². The highest BCUT2D eigenvalue weighted by atomic mass is 32.2. The van der Waals surface area contributed by atoms with Crippen LogP contribution in [0.1, 0.15) is 15.9 Å². The predicted molar refractivity (Wildman–Crippen MR) is 104 cm³/mol. The van der Waals surface area contributed by atoms with Gasteiger partial charge in [-0.3, -0.25) is 9.52 Å². The number of nitrogens with one attached hydrogen (secondary N) is 2. The topological polar surface area (TPSA) is 97.4 Å².